The van der Waals surface area contributed by atoms with E-state index >= 15 is 0 Å². The van der Waals surface area contributed by atoms with Gasteiger partial charge in [0.2, 0.25) is 0 Å². The topological polar surface area (TPSA) is 58.6 Å². The highest BCUT2D eigenvalue weighted by Gasteiger charge is 2.29. The van der Waals surface area contributed by atoms with Crippen LogP contribution in [0.3, 0.4) is 0 Å². The number of amides is 2. The number of hydrogen-bond donors (Lipinski definition) is 1. The fourth-order valence-corrected chi connectivity index (χ4v) is 2.99. The molecule has 2 amide bonds. The van der Waals surface area contributed by atoms with Gasteiger partial charge in [0.05, 0.1) is 0 Å². The zero-order valence-electron chi connectivity index (χ0n) is 15.4. The van der Waals surface area contributed by atoms with Crippen LogP contribution < -0.4 is 5.32 Å². The maximum Gasteiger partial charge on any atom is 0.329 e. The molecule has 138 valence electrons. The highest BCUT2D eigenvalue weighted by Crippen LogP contribution is 2.14. The molecule has 0 bridgehead atoms. The number of hydrogen-bond acceptors (Lipinski definition) is 3. The number of likely N-dealkylation sites (tertiary alicyclic amines) is 1. The number of rotatable bonds is 6. The van der Waals surface area contributed by atoms with E-state index in [-0.39, 0.29) is 24.5 Å². The van der Waals surface area contributed by atoms with Crippen LogP contribution in [0.15, 0.2) is 30.3 Å². The van der Waals surface area contributed by atoms with Gasteiger partial charge in [-0.3, -0.25) is 0 Å². The molecular weight excluding hydrogens is 316 g/mol. The first-order valence-corrected chi connectivity index (χ1v) is 9.37. The van der Waals surface area contributed by atoms with E-state index in [1.807, 2.05) is 49.1 Å². The Morgan fingerprint density at radius 2 is 1.76 bits per heavy atom. The van der Waals surface area contributed by atoms with Crippen molar-refractivity contribution in [1.29, 1.82) is 0 Å². The third-order valence-corrected chi connectivity index (χ3v) is 4.86. The molecule has 1 heterocycles. The predicted octanol–water partition coefficient (Wildman–Crippen LogP) is 3.73. The molecule has 1 aromatic rings. The minimum Gasteiger partial charge on any atom is -0.459 e. The lowest BCUT2D eigenvalue weighted by atomic mass is 9.99. The van der Waals surface area contributed by atoms with Crippen LogP contribution >= 0.6 is 0 Å². The standard InChI is InChI=1S/C20H30N2O3/c1-3-16(2)18(19(23)25-15-17-11-7-6-8-12-17)21-20(24)22-13-9-4-5-10-14-22/h6-8,11-12,16,18H,3-5,9-10,13-15H2,1-2H3,(H,21,24). The van der Waals surface area contributed by atoms with Crippen LogP contribution in [0.25, 0.3) is 0 Å². The Balaban J connectivity index is 1.94. The maximum atomic E-state index is 12.6. The second-order valence-electron chi connectivity index (χ2n) is 6.81. The average Bonchev–Trinajstić information content (AvgIpc) is 2.93. The van der Waals surface area contributed by atoms with E-state index in [9.17, 15) is 9.59 Å². The lowest BCUT2D eigenvalue weighted by Crippen LogP contribution is -2.51. The predicted molar refractivity (Wildman–Crippen MR) is 98.1 cm³/mol. The third kappa shape index (κ3) is 6.07. The van der Waals surface area contributed by atoms with E-state index in [0.29, 0.717) is 0 Å². The Labute approximate surface area is 150 Å². The van der Waals surface area contributed by atoms with Crippen LogP contribution in [0.4, 0.5) is 4.79 Å². The van der Waals surface area contributed by atoms with E-state index in [2.05, 4.69) is 5.32 Å². The molecule has 25 heavy (non-hydrogen) atoms. The van der Waals surface area contributed by atoms with Crippen molar-refractivity contribution in [3.8, 4) is 0 Å². The molecule has 0 aliphatic carbocycles. The minimum absolute atomic E-state index is 0.0270. The molecule has 1 aliphatic heterocycles. The highest BCUT2D eigenvalue weighted by atomic mass is 16.5. The van der Waals surface area contributed by atoms with Gasteiger partial charge in [0, 0.05) is 13.1 Å². The smallest absolute Gasteiger partial charge is 0.329 e. The molecule has 1 N–H and O–H groups in total. The van der Waals surface area contributed by atoms with Gasteiger partial charge in [0.15, 0.2) is 0 Å². The molecule has 5 heteroatoms. The highest BCUT2D eigenvalue weighted by molar-refractivity contribution is 5.83. The fourth-order valence-electron chi connectivity index (χ4n) is 2.99. The summed E-state index contributed by atoms with van der Waals surface area (Å²) >= 11 is 0. The van der Waals surface area contributed by atoms with Gasteiger partial charge in [0.25, 0.3) is 0 Å². The van der Waals surface area contributed by atoms with Crippen molar-refractivity contribution in [2.24, 2.45) is 5.92 Å². The van der Waals surface area contributed by atoms with Crippen molar-refractivity contribution < 1.29 is 14.3 Å². The van der Waals surface area contributed by atoms with Gasteiger partial charge in [-0.25, -0.2) is 9.59 Å². The summed E-state index contributed by atoms with van der Waals surface area (Å²) in [6.07, 6.45) is 5.18. The minimum atomic E-state index is -0.607. The zero-order valence-corrected chi connectivity index (χ0v) is 15.4. The van der Waals surface area contributed by atoms with Crippen molar-refractivity contribution >= 4 is 12.0 Å². The third-order valence-electron chi connectivity index (χ3n) is 4.86. The number of esters is 1. The van der Waals surface area contributed by atoms with Crippen molar-refractivity contribution in [3.63, 3.8) is 0 Å². The van der Waals surface area contributed by atoms with Crippen LogP contribution in [0.1, 0.15) is 51.5 Å². The molecule has 0 saturated carbocycles. The summed E-state index contributed by atoms with van der Waals surface area (Å²) in [6.45, 7) is 5.74. The molecule has 1 fully saturated rings. The van der Waals surface area contributed by atoms with Crippen molar-refractivity contribution in [3.05, 3.63) is 35.9 Å². The Bertz CT molecular complexity index is 539. The first-order valence-electron chi connectivity index (χ1n) is 9.37. The van der Waals surface area contributed by atoms with Crippen molar-refractivity contribution in [2.75, 3.05) is 13.1 Å². The largest absolute Gasteiger partial charge is 0.459 e. The number of carbonyl (C=O) groups is 2. The molecule has 1 saturated heterocycles. The molecule has 0 spiro atoms. The SMILES string of the molecule is CCC(C)C(NC(=O)N1CCCCCC1)C(=O)OCc1ccccc1. The van der Waals surface area contributed by atoms with Crippen LogP contribution in [0.5, 0.6) is 0 Å². The monoisotopic (exact) mass is 346 g/mol. The Morgan fingerprint density at radius 3 is 2.36 bits per heavy atom. The van der Waals surface area contributed by atoms with Gasteiger partial charge in [0.1, 0.15) is 12.6 Å². The molecule has 5 nitrogen and oxygen atoms in total. The molecule has 0 radical (unpaired) electrons. The Morgan fingerprint density at radius 1 is 1.12 bits per heavy atom. The van der Waals surface area contributed by atoms with Crippen LogP contribution in [0, 0.1) is 5.92 Å². The lowest BCUT2D eigenvalue weighted by molar-refractivity contribution is -0.148. The van der Waals surface area contributed by atoms with E-state index < -0.39 is 6.04 Å². The molecule has 2 rings (SSSR count). The maximum absolute atomic E-state index is 12.6. The van der Waals surface area contributed by atoms with Gasteiger partial charge in [-0.2, -0.15) is 0 Å². The first-order chi connectivity index (χ1) is 12.1. The number of nitrogens with one attached hydrogen (secondary N) is 1. The molecule has 1 aliphatic rings. The number of carbonyl (C=O) groups excluding carboxylic acids is 2. The number of benzene rings is 1. The van der Waals surface area contributed by atoms with E-state index in [4.69, 9.17) is 4.74 Å². The van der Waals surface area contributed by atoms with Crippen LogP contribution in [0.2, 0.25) is 0 Å². The summed E-state index contributed by atoms with van der Waals surface area (Å²) in [7, 11) is 0. The van der Waals surface area contributed by atoms with E-state index in [1.54, 1.807) is 0 Å². The number of nitrogens with zero attached hydrogens (tertiary/aromatic N) is 1. The molecule has 1 aromatic carbocycles. The van der Waals surface area contributed by atoms with Gasteiger partial charge in [-0.15, -0.1) is 0 Å². The van der Waals surface area contributed by atoms with E-state index in [0.717, 1.165) is 50.8 Å². The average molecular weight is 346 g/mol. The lowest BCUT2D eigenvalue weighted by Gasteiger charge is -2.27. The van der Waals surface area contributed by atoms with Gasteiger partial charge in [-0.1, -0.05) is 63.4 Å². The van der Waals surface area contributed by atoms with Crippen molar-refractivity contribution in [1.82, 2.24) is 10.2 Å². The van der Waals surface area contributed by atoms with Gasteiger partial charge in [-0.05, 0) is 24.3 Å². The second-order valence-corrected chi connectivity index (χ2v) is 6.81. The second kappa shape index (κ2) is 10.1. The fraction of sp³-hybridized carbons (Fsp3) is 0.600. The van der Waals surface area contributed by atoms with Crippen LogP contribution in [-0.2, 0) is 16.1 Å². The molecule has 2 unspecified atom stereocenters. The molecular formula is C20H30N2O3. The summed E-state index contributed by atoms with van der Waals surface area (Å²) in [4.78, 5) is 26.9. The summed E-state index contributed by atoms with van der Waals surface area (Å²) < 4.78 is 5.45. The zero-order chi connectivity index (χ0) is 18.1. The summed E-state index contributed by atoms with van der Waals surface area (Å²) in [5.74, 6) is -0.333. The number of ether oxygens (including phenoxy) is 1. The van der Waals surface area contributed by atoms with Gasteiger partial charge >= 0.3 is 12.0 Å². The quantitative estimate of drug-likeness (QED) is 0.799. The first kappa shape index (κ1) is 19.3. The normalized spacial score (nSPS) is 17.3. The summed E-state index contributed by atoms with van der Waals surface area (Å²) in [5, 5.41) is 2.91. The van der Waals surface area contributed by atoms with Gasteiger partial charge < -0.3 is 15.0 Å². The Kier molecular flexibility index (Phi) is 7.76. The molecule has 0 aromatic heterocycles. The van der Waals surface area contributed by atoms with Crippen molar-refractivity contribution in [2.45, 2.75) is 58.6 Å². The van der Waals surface area contributed by atoms with E-state index in [1.165, 1.54) is 0 Å². The summed E-state index contributed by atoms with van der Waals surface area (Å²) in [6, 6.07) is 8.83. The van der Waals surface area contributed by atoms with Crippen LogP contribution in [-0.4, -0.2) is 36.0 Å². The number of urea groups is 1. The summed E-state index contributed by atoms with van der Waals surface area (Å²) in [5.41, 5.74) is 0.942. The molecule has 2 atom stereocenters. The Hall–Kier alpha value is -2.04.